The zero-order valence-electron chi connectivity index (χ0n) is 27.5. The van der Waals surface area contributed by atoms with Gasteiger partial charge in [0.05, 0.1) is 26.2 Å². The number of anilines is 2. The molecule has 0 saturated heterocycles. The molecule has 0 radical (unpaired) electrons. The van der Waals surface area contributed by atoms with Crippen molar-refractivity contribution in [3.63, 3.8) is 0 Å². The van der Waals surface area contributed by atoms with Crippen LogP contribution in [0.1, 0.15) is 25.0 Å². The number of methoxy groups -OCH3 is 1. The van der Waals surface area contributed by atoms with Crippen LogP contribution in [0.2, 0.25) is 0 Å². The number of fused-ring (bicyclic) bond motifs is 1. The third kappa shape index (κ3) is 8.90. The van der Waals surface area contributed by atoms with E-state index in [1.807, 2.05) is 31.2 Å². The Morgan fingerprint density at radius 3 is 2.32 bits per heavy atom. The molecule has 47 heavy (non-hydrogen) atoms. The number of urea groups is 1. The van der Waals surface area contributed by atoms with Crippen LogP contribution in [0.15, 0.2) is 97.1 Å². The van der Waals surface area contributed by atoms with Crippen LogP contribution < -0.4 is 20.1 Å². The molecule has 9 heteroatoms. The van der Waals surface area contributed by atoms with Crippen molar-refractivity contribution in [2.24, 2.45) is 5.92 Å². The largest absolute Gasteiger partial charge is 0.497 e. The van der Waals surface area contributed by atoms with E-state index in [0.29, 0.717) is 41.5 Å². The van der Waals surface area contributed by atoms with E-state index in [1.54, 1.807) is 48.4 Å². The topological polar surface area (TPSA) is 103 Å². The first-order valence-electron chi connectivity index (χ1n) is 16.0. The maximum atomic E-state index is 13.6. The molecular formula is C38H44N4O5. The molecule has 0 bridgehead atoms. The monoisotopic (exact) mass is 636 g/mol. The van der Waals surface area contributed by atoms with Crippen LogP contribution in [0.5, 0.6) is 11.5 Å². The lowest BCUT2D eigenvalue weighted by molar-refractivity contribution is -0.134. The average molecular weight is 637 g/mol. The highest BCUT2D eigenvalue weighted by Crippen LogP contribution is 2.30. The Kier molecular flexibility index (Phi) is 11.1. The molecule has 5 rings (SSSR count). The quantitative estimate of drug-likeness (QED) is 0.189. The lowest BCUT2D eigenvalue weighted by Gasteiger charge is -2.34. The van der Waals surface area contributed by atoms with E-state index >= 15 is 0 Å². The summed E-state index contributed by atoms with van der Waals surface area (Å²) < 4.78 is 11.9. The molecule has 1 aliphatic heterocycles. The number of nitrogens with zero attached hydrogens (tertiary/aromatic N) is 2. The first-order valence-corrected chi connectivity index (χ1v) is 16.0. The van der Waals surface area contributed by atoms with Crippen molar-refractivity contribution in [1.82, 2.24) is 9.80 Å². The standard InChI is InChI=1S/C38H44N4O5/c1-26-22-42(27(2)25-43)37(44)21-31-20-33(40-38(45)39-32-14-17-34(46-4)18-15-32)16-19-35(31)47-36(26)24-41(3)23-28-10-12-30(13-11-28)29-8-6-5-7-9-29/h5-20,26-27,36,43H,21-25H2,1-4H3,(H2,39,40,45)/t26-,27-,36+/m0/s1. The first kappa shape index (κ1) is 33.5. The van der Waals surface area contributed by atoms with Crippen LogP contribution in [0.3, 0.4) is 0 Å². The number of benzene rings is 4. The van der Waals surface area contributed by atoms with Crippen molar-refractivity contribution in [3.05, 3.63) is 108 Å². The summed E-state index contributed by atoms with van der Waals surface area (Å²) >= 11 is 0. The fourth-order valence-electron chi connectivity index (χ4n) is 5.81. The van der Waals surface area contributed by atoms with Gasteiger partial charge in [0.2, 0.25) is 5.91 Å². The van der Waals surface area contributed by atoms with Gasteiger partial charge in [0.1, 0.15) is 17.6 Å². The highest BCUT2D eigenvalue weighted by atomic mass is 16.5. The molecule has 1 heterocycles. The second-order valence-electron chi connectivity index (χ2n) is 12.3. The third-order valence-corrected chi connectivity index (χ3v) is 8.53. The van der Waals surface area contributed by atoms with Crippen LogP contribution in [-0.4, -0.2) is 72.8 Å². The summed E-state index contributed by atoms with van der Waals surface area (Å²) in [5.74, 6) is 1.18. The van der Waals surface area contributed by atoms with Crippen molar-refractivity contribution in [2.75, 3.05) is 44.5 Å². The van der Waals surface area contributed by atoms with Crippen molar-refractivity contribution in [2.45, 2.75) is 39.0 Å². The van der Waals surface area contributed by atoms with E-state index in [9.17, 15) is 14.7 Å². The summed E-state index contributed by atoms with van der Waals surface area (Å²) in [5.41, 5.74) is 5.38. The summed E-state index contributed by atoms with van der Waals surface area (Å²) in [5, 5.41) is 15.7. The van der Waals surface area contributed by atoms with Crippen LogP contribution in [0, 0.1) is 5.92 Å². The lowest BCUT2D eigenvalue weighted by Crippen LogP contribution is -2.47. The SMILES string of the molecule is COc1ccc(NC(=O)Nc2ccc3c(c2)CC(=O)N([C@@H](C)CO)C[C@H](C)[C@@H](CN(C)Cc2ccc(-c4ccccc4)cc2)O3)cc1. The Bertz CT molecular complexity index is 1630. The van der Waals surface area contributed by atoms with E-state index in [0.717, 1.165) is 6.54 Å². The van der Waals surface area contributed by atoms with Gasteiger partial charge in [-0.3, -0.25) is 9.69 Å². The van der Waals surface area contributed by atoms with Crippen LogP contribution in [0.25, 0.3) is 11.1 Å². The number of amides is 3. The van der Waals surface area contributed by atoms with Gasteiger partial charge < -0.3 is 30.1 Å². The maximum Gasteiger partial charge on any atom is 0.323 e. The van der Waals surface area contributed by atoms with Crippen molar-refractivity contribution < 1.29 is 24.2 Å². The van der Waals surface area contributed by atoms with Gasteiger partial charge >= 0.3 is 6.03 Å². The number of hydrogen-bond donors (Lipinski definition) is 3. The number of likely N-dealkylation sites (N-methyl/N-ethyl adjacent to an activating group) is 1. The van der Waals surface area contributed by atoms with Crippen molar-refractivity contribution in [1.29, 1.82) is 0 Å². The number of rotatable bonds is 10. The molecule has 1 aliphatic rings. The minimum absolute atomic E-state index is 0.0186. The smallest absolute Gasteiger partial charge is 0.323 e. The number of carbonyl (C=O) groups is 2. The van der Waals surface area contributed by atoms with Crippen molar-refractivity contribution in [3.8, 4) is 22.6 Å². The molecule has 0 unspecified atom stereocenters. The number of aliphatic hydroxyl groups excluding tert-OH is 1. The van der Waals surface area contributed by atoms with Crippen LogP contribution in [0.4, 0.5) is 16.2 Å². The zero-order valence-corrected chi connectivity index (χ0v) is 27.5. The van der Waals surface area contributed by atoms with E-state index in [4.69, 9.17) is 9.47 Å². The third-order valence-electron chi connectivity index (χ3n) is 8.53. The predicted molar refractivity (Wildman–Crippen MR) is 186 cm³/mol. The minimum Gasteiger partial charge on any atom is -0.497 e. The number of hydrogen-bond acceptors (Lipinski definition) is 6. The first-order chi connectivity index (χ1) is 22.7. The Balaban J connectivity index is 1.32. The van der Waals surface area contributed by atoms with Gasteiger partial charge in [0.25, 0.3) is 0 Å². The van der Waals surface area contributed by atoms with Gasteiger partial charge in [-0.1, -0.05) is 61.5 Å². The molecule has 3 atom stereocenters. The highest BCUT2D eigenvalue weighted by molar-refractivity contribution is 6.00. The van der Waals surface area contributed by atoms with E-state index in [1.165, 1.54) is 16.7 Å². The second kappa shape index (κ2) is 15.6. The maximum absolute atomic E-state index is 13.6. The molecular weight excluding hydrogens is 592 g/mol. The highest BCUT2D eigenvalue weighted by Gasteiger charge is 2.31. The Morgan fingerprint density at radius 2 is 1.64 bits per heavy atom. The van der Waals surface area contributed by atoms with E-state index in [-0.39, 0.29) is 37.0 Å². The number of carbonyl (C=O) groups excluding carboxylic acids is 2. The summed E-state index contributed by atoms with van der Waals surface area (Å²) in [6.45, 7) is 5.61. The summed E-state index contributed by atoms with van der Waals surface area (Å²) in [4.78, 5) is 30.4. The number of ether oxygens (including phenoxy) is 2. The molecule has 0 aromatic heterocycles. The Morgan fingerprint density at radius 1 is 0.979 bits per heavy atom. The summed E-state index contributed by atoms with van der Waals surface area (Å²) in [6.07, 6.45) is -0.156. The average Bonchev–Trinajstić information content (AvgIpc) is 3.12. The fraction of sp³-hybridized carbons (Fsp3) is 0.316. The normalized spacial score (nSPS) is 17.1. The van der Waals surface area contributed by atoms with Crippen molar-refractivity contribution >= 4 is 23.3 Å². The molecule has 0 spiro atoms. The zero-order chi connectivity index (χ0) is 33.3. The van der Waals surface area contributed by atoms with Crippen LogP contribution in [-0.2, 0) is 17.8 Å². The molecule has 4 aromatic rings. The Labute approximate surface area is 277 Å². The fourth-order valence-corrected chi connectivity index (χ4v) is 5.81. The van der Waals surface area contributed by atoms with Crippen LogP contribution >= 0.6 is 0 Å². The minimum atomic E-state index is -0.411. The Hall–Kier alpha value is -4.86. The number of aliphatic hydroxyl groups is 1. The molecule has 3 N–H and O–H groups in total. The molecule has 4 aromatic carbocycles. The second-order valence-corrected chi connectivity index (χ2v) is 12.3. The molecule has 0 saturated carbocycles. The van der Waals surface area contributed by atoms with Gasteiger partial charge in [-0.05, 0) is 73.1 Å². The molecule has 0 fully saturated rings. The number of nitrogens with one attached hydrogen (secondary N) is 2. The van der Waals surface area contributed by atoms with E-state index < -0.39 is 6.03 Å². The summed E-state index contributed by atoms with van der Waals surface area (Å²) in [7, 11) is 3.66. The molecule has 0 aliphatic carbocycles. The van der Waals surface area contributed by atoms with Gasteiger partial charge in [-0.2, -0.15) is 0 Å². The van der Waals surface area contributed by atoms with Gasteiger partial charge in [0, 0.05) is 42.5 Å². The van der Waals surface area contributed by atoms with Gasteiger partial charge in [-0.25, -0.2) is 4.79 Å². The van der Waals surface area contributed by atoms with Gasteiger partial charge in [-0.15, -0.1) is 0 Å². The summed E-state index contributed by atoms with van der Waals surface area (Å²) in [6, 6.07) is 30.6. The van der Waals surface area contributed by atoms with Gasteiger partial charge in [0.15, 0.2) is 0 Å². The molecule has 3 amide bonds. The van der Waals surface area contributed by atoms with E-state index in [2.05, 4.69) is 65.9 Å². The molecule has 9 nitrogen and oxygen atoms in total. The predicted octanol–water partition coefficient (Wildman–Crippen LogP) is 6.29. The lowest BCUT2D eigenvalue weighted by atomic mass is 10.0. The molecule has 246 valence electrons.